The maximum absolute atomic E-state index is 14.4. The van der Waals surface area contributed by atoms with E-state index < -0.39 is 21.4 Å². The Bertz CT molecular complexity index is 1650. The van der Waals surface area contributed by atoms with E-state index in [2.05, 4.69) is 0 Å². The van der Waals surface area contributed by atoms with Crippen LogP contribution in [0.2, 0.25) is 5.02 Å². The molecule has 5 rings (SSSR count). The molecule has 0 radical (unpaired) electrons. The number of amides is 1. The minimum atomic E-state index is -3.94. The summed E-state index contributed by atoms with van der Waals surface area (Å²) < 4.78 is 48.4. The summed E-state index contributed by atoms with van der Waals surface area (Å²) in [5, 5.41) is 0.547. The molecule has 0 spiro atoms. The maximum atomic E-state index is 14.4. The molecule has 0 unspecified atom stereocenters. The van der Waals surface area contributed by atoms with E-state index in [1.165, 1.54) is 16.2 Å². The van der Waals surface area contributed by atoms with Gasteiger partial charge in [-0.3, -0.25) is 0 Å². The maximum Gasteiger partial charge on any atom is 0.410 e. The summed E-state index contributed by atoms with van der Waals surface area (Å²) in [7, 11) is -3.94. The van der Waals surface area contributed by atoms with Crippen molar-refractivity contribution >= 4 is 38.6 Å². The lowest BCUT2D eigenvalue weighted by Crippen LogP contribution is -2.50. The van der Waals surface area contributed by atoms with Crippen molar-refractivity contribution < 1.29 is 22.3 Å². The Morgan fingerprint density at radius 2 is 1.71 bits per heavy atom. The van der Waals surface area contributed by atoms with Gasteiger partial charge in [0.1, 0.15) is 11.4 Å². The van der Waals surface area contributed by atoms with Crippen LogP contribution in [-0.4, -0.2) is 42.1 Å². The van der Waals surface area contributed by atoms with Crippen LogP contribution in [0.4, 0.5) is 9.18 Å². The zero-order valence-electron chi connectivity index (χ0n) is 21.5. The number of likely N-dealkylation sites (tertiary alicyclic amines) is 1. The Kier molecular flexibility index (Phi) is 6.52. The molecule has 0 atom stereocenters. The standard InChI is InChI=1S/C29H28ClFN2O4S/c1-18-8-11-21(12-9-18)38(35,36)33-17-24(22-6-5-7-25(31)27(22)30)23-14-19(10-13-26(23)33)20-15-32(16-20)28(34)37-29(2,3)4/h5-14,17,20H,15-16H2,1-4H3. The largest absolute Gasteiger partial charge is 0.444 e. The fourth-order valence-corrected chi connectivity index (χ4v) is 6.18. The Balaban J connectivity index is 1.59. The molecular formula is C29H28ClFN2O4S. The lowest BCUT2D eigenvalue weighted by Gasteiger charge is -2.40. The molecular weight excluding hydrogens is 527 g/mol. The third-order valence-electron chi connectivity index (χ3n) is 6.62. The number of hydrogen-bond acceptors (Lipinski definition) is 4. The SMILES string of the molecule is Cc1ccc(S(=O)(=O)n2cc(-c3cccc(F)c3Cl)c3cc(C4CN(C(=O)OC(C)(C)C)C4)ccc32)cc1. The van der Waals surface area contributed by atoms with Crippen LogP contribution in [0.1, 0.15) is 37.8 Å². The number of halogens is 2. The molecule has 1 aliphatic rings. The molecule has 4 aromatic rings. The topological polar surface area (TPSA) is 68.6 Å². The molecule has 38 heavy (non-hydrogen) atoms. The average molecular weight is 555 g/mol. The van der Waals surface area contributed by atoms with E-state index in [4.69, 9.17) is 16.3 Å². The van der Waals surface area contributed by atoms with Gasteiger partial charge in [-0.05, 0) is 63.6 Å². The van der Waals surface area contributed by atoms with Crippen molar-refractivity contribution in [1.29, 1.82) is 0 Å². The molecule has 0 saturated carbocycles. The molecule has 6 nitrogen and oxygen atoms in total. The summed E-state index contributed by atoms with van der Waals surface area (Å²) in [6.07, 6.45) is 1.13. The molecule has 2 heterocycles. The van der Waals surface area contributed by atoms with Crippen molar-refractivity contribution in [2.75, 3.05) is 13.1 Å². The third-order valence-corrected chi connectivity index (χ3v) is 8.69. The second kappa shape index (κ2) is 9.43. The van der Waals surface area contributed by atoms with Crippen molar-refractivity contribution in [2.45, 2.75) is 44.1 Å². The Hall–Kier alpha value is -3.36. The van der Waals surface area contributed by atoms with E-state index in [0.717, 1.165) is 11.1 Å². The summed E-state index contributed by atoms with van der Waals surface area (Å²) in [5.41, 5.74) is 2.66. The van der Waals surface area contributed by atoms with Crippen molar-refractivity contribution in [2.24, 2.45) is 0 Å². The van der Waals surface area contributed by atoms with E-state index in [0.29, 0.717) is 35.1 Å². The number of carbonyl (C=O) groups excluding carboxylic acids is 1. The zero-order chi connectivity index (χ0) is 27.4. The molecule has 0 aliphatic carbocycles. The van der Waals surface area contributed by atoms with Crippen LogP contribution < -0.4 is 0 Å². The van der Waals surface area contributed by atoms with E-state index >= 15 is 0 Å². The lowest BCUT2D eigenvalue weighted by molar-refractivity contribution is 0.00820. The fraction of sp³-hybridized carbons (Fsp3) is 0.276. The van der Waals surface area contributed by atoms with Gasteiger partial charge in [0.25, 0.3) is 10.0 Å². The number of hydrogen-bond donors (Lipinski definition) is 0. The van der Waals surface area contributed by atoms with Crippen LogP contribution >= 0.6 is 11.6 Å². The molecule has 198 valence electrons. The van der Waals surface area contributed by atoms with Gasteiger partial charge in [0.2, 0.25) is 0 Å². The first-order valence-corrected chi connectivity index (χ1v) is 14.1. The van der Waals surface area contributed by atoms with Crippen molar-refractivity contribution in [3.05, 3.63) is 88.8 Å². The van der Waals surface area contributed by atoms with Crippen molar-refractivity contribution in [1.82, 2.24) is 8.87 Å². The van der Waals surface area contributed by atoms with Crippen LogP contribution in [0.15, 0.2) is 71.8 Å². The van der Waals surface area contributed by atoms with E-state index in [9.17, 15) is 17.6 Å². The summed E-state index contributed by atoms with van der Waals surface area (Å²) in [4.78, 5) is 14.2. The number of rotatable bonds is 4. The van der Waals surface area contributed by atoms with Gasteiger partial charge in [0.05, 0.1) is 15.4 Å². The number of benzene rings is 3. The van der Waals surface area contributed by atoms with Gasteiger partial charge in [-0.15, -0.1) is 0 Å². The van der Waals surface area contributed by atoms with Crippen LogP contribution in [0.25, 0.3) is 22.0 Å². The van der Waals surface area contributed by atoms with Gasteiger partial charge in [0, 0.05) is 41.7 Å². The van der Waals surface area contributed by atoms with Crippen LogP contribution in [-0.2, 0) is 14.8 Å². The molecule has 3 aromatic carbocycles. The van der Waals surface area contributed by atoms with E-state index in [1.54, 1.807) is 47.4 Å². The van der Waals surface area contributed by atoms with Gasteiger partial charge in [-0.25, -0.2) is 21.6 Å². The molecule has 1 aliphatic heterocycles. The second-order valence-corrected chi connectivity index (χ2v) is 12.8. The molecule has 1 saturated heterocycles. The highest BCUT2D eigenvalue weighted by Gasteiger charge is 2.35. The van der Waals surface area contributed by atoms with Crippen LogP contribution in [0.5, 0.6) is 0 Å². The Morgan fingerprint density at radius 3 is 2.37 bits per heavy atom. The molecule has 0 N–H and O–H groups in total. The first-order chi connectivity index (χ1) is 17.8. The minimum Gasteiger partial charge on any atom is -0.444 e. The zero-order valence-corrected chi connectivity index (χ0v) is 23.1. The van der Waals surface area contributed by atoms with E-state index in [-0.39, 0.29) is 21.9 Å². The van der Waals surface area contributed by atoms with Gasteiger partial charge in [0.15, 0.2) is 0 Å². The van der Waals surface area contributed by atoms with Gasteiger partial charge in [-0.1, -0.05) is 47.5 Å². The quantitative estimate of drug-likeness (QED) is 0.273. The van der Waals surface area contributed by atoms with Gasteiger partial charge >= 0.3 is 6.09 Å². The highest BCUT2D eigenvalue weighted by molar-refractivity contribution is 7.90. The van der Waals surface area contributed by atoms with Crippen molar-refractivity contribution in [3.63, 3.8) is 0 Å². The smallest absolute Gasteiger partial charge is 0.410 e. The van der Waals surface area contributed by atoms with Crippen LogP contribution in [0, 0.1) is 12.7 Å². The fourth-order valence-electron chi connectivity index (χ4n) is 4.59. The Labute approximate surface area is 226 Å². The summed E-state index contributed by atoms with van der Waals surface area (Å²) >= 11 is 6.34. The van der Waals surface area contributed by atoms with Gasteiger partial charge < -0.3 is 9.64 Å². The minimum absolute atomic E-state index is 0.0554. The highest BCUT2D eigenvalue weighted by atomic mass is 35.5. The Morgan fingerprint density at radius 1 is 1.03 bits per heavy atom. The van der Waals surface area contributed by atoms with Gasteiger partial charge in [-0.2, -0.15) is 0 Å². The number of aryl methyl sites for hydroxylation is 1. The van der Waals surface area contributed by atoms with Crippen molar-refractivity contribution in [3.8, 4) is 11.1 Å². The molecule has 9 heteroatoms. The monoisotopic (exact) mass is 554 g/mol. The predicted molar refractivity (Wildman–Crippen MR) is 147 cm³/mol. The predicted octanol–water partition coefficient (Wildman–Crippen LogP) is 6.98. The first-order valence-electron chi connectivity index (χ1n) is 12.2. The number of fused-ring (bicyclic) bond motifs is 1. The van der Waals surface area contributed by atoms with E-state index in [1.807, 2.05) is 39.8 Å². The lowest BCUT2D eigenvalue weighted by atomic mass is 9.90. The third kappa shape index (κ3) is 4.78. The number of aromatic nitrogens is 1. The second-order valence-electron chi connectivity index (χ2n) is 10.6. The number of nitrogens with zero attached hydrogens (tertiary/aromatic N) is 2. The first kappa shape index (κ1) is 26.3. The molecule has 1 fully saturated rings. The normalized spacial score (nSPS) is 14.5. The molecule has 1 amide bonds. The average Bonchev–Trinajstić information content (AvgIpc) is 3.19. The molecule has 1 aromatic heterocycles. The summed E-state index contributed by atoms with van der Waals surface area (Å²) in [6.45, 7) is 8.33. The summed E-state index contributed by atoms with van der Waals surface area (Å²) in [5.74, 6) is -0.533. The number of carbonyl (C=O) groups is 1. The van der Waals surface area contributed by atoms with Crippen LogP contribution in [0.3, 0.4) is 0 Å². The highest BCUT2D eigenvalue weighted by Crippen LogP contribution is 2.40. The number of ether oxygens (including phenoxy) is 1. The molecule has 0 bridgehead atoms. The summed E-state index contributed by atoms with van der Waals surface area (Å²) in [6, 6.07) is 16.6.